The van der Waals surface area contributed by atoms with Crippen LogP contribution in [-0.4, -0.2) is 37.4 Å². The van der Waals surface area contributed by atoms with E-state index in [0.29, 0.717) is 18.7 Å². The Hall–Kier alpha value is -2.24. The Bertz CT molecular complexity index is 592. The van der Waals surface area contributed by atoms with Crippen LogP contribution >= 0.6 is 0 Å². The number of carbonyl (C=O) groups excluding carboxylic acids is 2. The first-order valence-electron chi connectivity index (χ1n) is 8.93. The Morgan fingerprint density at radius 1 is 1.15 bits per heavy atom. The first-order valence-corrected chi connectivity index (χ1v) is 8.93. The topological polar surface area (TPSA) is 73.9 Å². The number of amides is 1. The Kier molecular flexibility index (Phi) is 8.42. The number of hydrogen-bond donors (Lipinski definition) is 1. The molecule has 0 aromatic heterocycles. The van der Waals surface area contributed by atoms with Crippen LogP contribution in [0.4, 0.5) is 4.79 Å². The molecule has 6 nitrogen and oxygen atoms in total. The lowest BCUT2D eigenvalue weighted by Crippen LogP contribution is -2.34. The lowest BCUT2D eigenvalue weighted by molar-refractivity contribution is -0.150. The molecule has 0 fully saturated rings. The number of esters is 1. The van der Waals surface area contributed by atoms with Crippen LogP contribution in [-0.2, 0) is 20.7 Å². The first-order chi connectivity index (χ1) is 12.1. The summed E-state index contributed by atoms with van der Waals surface area (Å²) in [6.07, 6.45) is 0.357. The van der Waals surface area contributed by atoms with E-state index < -0.39 is 17.8 Å². The Morgan fingerprint density at radius 2 is 1.81 bits per heavy atom. The molecular formula is C20H31NO5. The van der Waals surface area contributed by atoms with E-state index in [1.165, 1.54) is 7.11 Å². The Morgan fingerprint density at radius 3 is 2.38 bits per heavy atom. The minimum Gasteiger partial charge on any atom is -0.478 e. The van der Waals surface area contributed by atoms with Gasteiger partial charge in [-0.3, -0.25) is 0 Å². The molecule has 0 heterocycles. The van der Waals surface area contributed by atoms with Crippen LogP contribution < -0.4 is 10.1 Å². The molecular weight excluding hydrogens is 334 g/mol. The summed E-state index contributed by atoms with van der Waals surface area (Å²) in [6.45, 7) is 9.80. The number of para-hydroxylation sites is 1. The van der Waals surface area contributed by atoms with Gasteiger partial charge in [-0.05, 0) is 45.2 Å². The van der Waals surface area contributed by atoms with Crippen LogP contribution in [0.1, 0.15) is 46.6 Å². The molecule has 26 heavy (non-hydrogen) atoms. The summed E-state index contributed by atoms with van der Waals surface area (Å²) in [5.41, 5.74) is 0.470. The van der Waals surface area contributed by atoms with Gasteiger partial charge < -0.3 is 19.5 Å². The number of ether oxygens (including phenoxy) is 3. The van der Waals surface area contributed by atoms with Crippen LogP contribution in [0.25, 0.3) is 0 Å². The molecule has 1 aromatic carbocycles. The highest BCUT2D eigenvalue weighted by Gasteiger charge is 2.25. The van der Waals surface area contributed by atoms with Gasteiger partial charge in [-0.25, -0.2) is 9.59 Å². The molecule has 0 aliphatic rings. The average molecular weight is 365 g/mol. The monoisotopic (exact) mass is 365 g/mol. The molecule has 0 aliphatic heterocycles. The molecule has 1 amide bonds. The smallest absolute Gasteiger partial charge is 0.407 e. The maximum absolute atomic E-state index is 11.9. The summed E-state index contributed by atoms with van der Waals surface area (Å²) in [7, 11) is 1.36. The van der Waals surface area contributed by atoms with Crippen LogP contribution in [0.15, 0.2) is 24.3 Å². The lowest BCUT2D eigenvalue weighted by atomic mass is 10.1. The third-order valence-corrected chi connectivity index (χ3v) is 3.56. The second-order valence-corrected chi connectivity index (χ2v) is 7.45. The number of aryl methyl sites for hydroxylation is 1. The van der Waals surface area contributed by atoms with E-state index in [4.69, 9.17) is 14.2 Å². The normalized spacial score (nSPS) is 12.4. The minimum atomic E-state index is -0.652. The van der Waals surface area contributed by atoms with Gasteiger partial charge in [0.25, 0.3) is 0 Å². The lowest BCUT2D eigenvalue weighted by Gasteiger charge is -2.22. The number of methoxy groups -OCH3 is 1. The van der Waals surface area contributed by atoms with Crippen molar-refractivity contribution in [2.24, 2.45) is 5.92 Å². The highest BCUT2D eigenvalue weighted by atomic mass is 16.6. The summed E-state index contributed by atoms with van der Waals surface area (Å²) in [6, 6.07) is 7.59. The van der Waals surface area contributed by atoms with E-state index in [-0.39, 0.29) is 11.9 Å². The van der Waals surface area contributed by atoms with Crippen LogP contribution in [0.3, 0.4) is 0 Å². The van der Waals surface area contributed by atoms with Crippen molar-refractivity contribution < 1.29 is 23.8 Å². The van der Waals surface area contributed by atoms with E-state index in [9.17, 15) is 9.59 Å². The molecule has 0 unspecified atom stereocenters. The van der Waals surface area contributed by atoms with Gasteiger partial charge >= 0.3 is 12.1 Å². The summed E-state index contributed by atoms with van der Waals surface area (Å²) >= 11 is 0. The van der Waals surface area contributed by atoms with Gasteiger partial charge in [0.05, 0.1) is 7.11 Å². The third kappa shape index (κ3) is 7.76. The zero-order valence-corrected chi connectivity index (χ0v) is 16.6. The molecule has 0 radical (unpaired) electrons. The Balaban J connectivity index is 2.61. The van der Waals surface area contributed by atoms with Gasteiger partial charge in [-0.15, -0.1) is 0 Å². The summed E-state index contributed by atoms with van der Waals surface area (Å²) in [4.78, 5) is 23.6. The minimum absolute atomic E-state index is 0.00987. The van der Waals surface area contributed by atoms with E-state index in [2.05, 4.69) is 5.32 Å². The van der Waals surface area contributed by atoms with Crippen LogP contribution in [0, 0.1) is 5.92 Å². The van der Waals surface area contributed by atoms with E-state index >= 15 is 0 Å². The fourth-order valence-electron chi connectivity index (χ4n) is 2.32. The van der Waals surface area contributed by atoms with E-state index in [1.54, 1.807) is 0 Å². The van der Waals surface area contributed by atoms with Crippen molar-refractivity contribution in [1.29, 1.82) is 0 Å². The maximum Gasteiger partial charge on any atom is 0.407 e. The summed E-state index contributed by atoms with van der Waals surface area (Å²) in [5, 5.41) is 2.74. The molecule has 0 saturated carbocycles. The molecule has 0 bridgehead atoms. The number of benzene rings is 1. The third-order valence-electron chi connectivity index (χ3n) is 3.56. The number of nitrogens with one attached hydrogen (secondary N) is 1. The fourth-order valence-corrected chi connectivity index (χ4v) is 2.32. The fraction of sp³-hybridized carbons (Fsp3) is 0.600. The van der Waals surface area contributed by atoms with Crippen molar-refractivity contribution >= 4 is 12.1 Å². The van der Waals surface area contributed by atoms with Gasteiger partial charge in [0.1, 0.15) is 11.4 Å². The second-order valence-electron chi connectivity index (χ2n) is 7.45. The first kappa shape index (κ1) is 21.8. The zero-order valence-electron chi connectivity index (χ0n) is 16.6. The number of alkyl carbamates (subject to hydrolysis) is 1. The molecule has 0 aliphatic carbocycles. The predicted octanol–water partition coefficient (Wildman–Crippen LogP) is 3.72. The Labute approximate surface area is 156 Å². The average Bonchev–Trinajstić information content (AvgIpc) is 2.55. The maximum atomic E-state index is 11.9. The second kappa shape index (κ2) is 10.0. The van der Waals surface area contributed by atoms with E-state index in [0.717, 1.165) is 12.0 Å². The van der Waals surface area contributed by atoms with Crippen molar-refractivity contribution in [2.75, 3.05) is 13.7 Å². The standard InChI is InChI=1S/C20H31NO5/c1-14(2)17(18(22)24-6)25-16-12-8-7-10-15(16)11-9-13-21-19(23)26-20(3,4)5/h7-8,10,12,14,17H,9,11,13H2,1-6H3,(H,21,23)/t17-/m1/s1. The van der Waals surface area contributed by atoms with Gasteiger partial charge in [0.2, 0.25) is 0 Å². The number of hydrogen-bond acceptors (Lipinski definition) is 5. The van der Waals surface area contributed by atoms with Crippen molar-refractivity contribution in [1.82, 2.24) is 5.32 Å². The van der Waals surface area contributed by atoms with Gasteiger partial charge in [-0.1, -0.05) is 32.0 Å². The highest BCUT2D eigenvalue weighted by Crippen LogP contribution is 2.23. The van der Waals surface area contributed by atoms with Crippen molar-refractivity contribution in [3.05, 3.63) is 29.8 Å². The number of carbonyl (C=O) groups is 2. The molecule has 1 aromatic rings. The van der Waals surface area contributed by atoms with E-state index in [1.807, 2.05) is 58.9 Å². The largest absolute Gasteiger partial charge is 0.478 e. The SMILES string of the molecule is COC(=O)[C@H](Oc1ccccc1CCCNC(=O)OC(C)(C)C)C(C)C. The molecule has 6 heteroatoms. The molecule has 1 rings (SSSR count). The molecule has 0 spiro atoms. The highest BCUT2D eigenvalue weighted by molar-refractivity contribution is 5.75. The van der Waals surface area contributed by atoms with Crippen LogP contribution in [0.2, 0.25) is 0 Å². The van der Waals surface area contributed by atoms with Gasteiger partial charge in [0, 0.05) is 12.5 Å². The van der Waals surface area contributed by atoms with Gasteiger partial charge in [0.15, 0.2) is 6.10 Å². The van der Waals surface area contributed by atoms with Gasteiger partial charge in [-0.2, -0.15) is 0 Å². The molecule has 1 N–H and O–H groups in total. The molecule has 0 saturated heterocycles. The van der Waals surface area contributed by atoms with Crippen molar-refractivity contribution in [2.45, 2.75) is 59.2 Å². The van der Waals surface area contributed by atoms with Crippen molar-refractivity contribution in [3.63, 3.8) is 0 Å². The van der Waals surface area contributed by atoms with Crippen molar-refractivity contribution in [3.8, 4) is 5.75 Å². The van der Waals surface area contributed by atoms with Crippen LogP contribution in [0.5, 0.6) is 5.75 Å². The quantitative estimate of drug-likeness (QED) is 0.561. The zero-order chi connectivity index (χ0) is 19.7. The molecule has 1 atom stereocenters. The predicted molar refractivity (Wildman–Crippen MR) is 100 cm³/mol. The summed E-state index contributed by atoms with van der Waals surface area (Å²) < 4.78 is 15.9. The molecule has 146 valence electrons. The summed E-state index contributed by atoms with van der Waals surface area (Å²) in [5.74, 6) is 0.264. The number of rotatable bonds is 8.